The molecule has 0 spiro atoms. The minimum Gasteiger partial charge on any atom is -0.465 e. The number of amides is 2. The summed E-state index contributed by atoms with van der Waals surface area (Å²) in [5, 5.41) is 3.34. The van der Waals surface area contributed by atoms with E-state index in [1.54, 1.807) is 6.92 Å². The molecule has 23 heavy (non-hydrogen) atoms. The molecule has 0 aliphatic carbocycles. The van der Waals surface area contributed by atoms with E-state index in [1.165, 1.54) is 0 Å². The molecule has 0 radical (unpaired) electrons. The molecule has 1 atom stereocenters. The monoisotopic (exact) mass is 338 g/mol. The Morgan fingerprint density at radius 1 is 1.26 bits per heavy atom. The molecule has 0 saturated carbocycles. The molecule has 2 rings (SSSR count). The first-order chi connectivity index (χ1) is 11.1. The van der Waals surface area contributed by atoms with Crippen LogP contribution in [-0.4, -0.2) is 36.6 Å². The SMILES string of the molecule is CCOC(=O)CNC(=O)N1CCCCC[C@@H]1c1ccc(Cl)cc1. The van der Waals surface area contributed by atoms with Gasteiger partial charge >= 0.3 is 12.0 Å². The van der Waals surface area contributed by atoms with Gasteiger partial charge in [0.25, 0.3) is 0 Å². The fraction of sp³-hybridized carbons (Fsp3) is 0.529. The van der Waals surface area contributed by atoms with Gasteiger partial charge in [-0.2, -0.15) is 0 Å². The zero-order chi connectivity index (χ0) is 16.7. The van der Waals surface area contributed by atoms with E-state index in [2.05, 4.69) is 5.32 Å². The van der Waals surface area contributed by atoms with Crippen LogP contribution in [0.4, 0.5) is 4.79 Å². The fourth-order valence-electron chi connectivity index (χ4n) is 2.84. The molecule has 1 aromatic carbocycles. The average Bonchev–Trinajstić information content (AvgIpc) is 2.79. The van der Waals surface area contributed by atoms with Crippen LogP contribution in [0, 0.1) is 0 Å². The van der Waals surface area contributed by atoms with E-state index in [4.69, 9.17) is 16.3 Å². The lowest BCUT2D eigenvalue weighted by Crippen LogP contribution is -2.44. The molecule has 1 aromatic rings. The Hall–Kier alpha value is -1.75. The van der Waals surface area contributed by atoms with Crippen LogP contribution in [0.3, 0.4) is 0 Å². The molecule has 2 amide bonds. The zero-order valence-electron chi connectivity index (χ0n) is 13.4. The van der Waals surface area contributed by atoms with E-state index in [1.807, 2.05) is 29.2 Å². The molecule has 0 unspecified atom stereocenters. The van der Waals surface area contributed by atoms with Gasteiger partial charge in [-0.1, -0.05) is 36.6 Å². The Labute approximate surface area is 141 Å². The van der Waals surface area contributed by atoms with Crippen molar-refractivity contribution in [2.75, 3.05) is 19.7 Å². The maximum Gasteiger partial charge on any atom is 0.325 e. The lowest BCUT2D eigenvalue weighted by Gasteiger charge is -2.30. The van der Waals surface area contributed by atoms with Crippen molar-refractivity contribution >= 4 is 23.6 Å². The van der Waals surface area contributed by atoms with Crippen LogP contribution < -0.4 is 5.32 Å². The quantitative estimate of drug-likeness (QED) is 0.854. The number of halogens is 1. The van der Waals surface area contributed by atoms with Crippen molar-refractivity contribution in [1.29, 1.82) is 0 Å². The van der Waals surface area contributed by atoms with Crippen molar-refractivity contribution in [3.8, 4) is 0 Å². The highest BCUT2D eigenvalue weighted by atomic mass is 35.5. The molecule has 0 bridgehead atoms. The molecule has 0 aromatic heterocycles. The van der Waals surface area contributed by atoms with Crippen LogP contribution in [0.5, 0.6) is 0 Å². The summed E-state index contributed by atoms with van der Waals surface area (Å²) in [4.78, 5) is 25.7. The maximum absolute atomic E-state index is 12.5. The lowest BCUT2D eigenvalue weighted by atomic mass is 10.0. The summed E-state index contributed by atoms with van der Waals surface area (Å²) in [7, 11) is 0. The Bertz CT molecular complexity index is 533. The summed E-state index contributed by atoms with van der Waals surface area (Å²) in [6.45, 7) is 2.63. The van der Waals surface area contributed by atoms with E-state index < -0.39 is 5.97 Å². The number of nitrogens with one attached hydrogen (secondary N) is 1. The fourth-order valence-corrected chi connectivity index (χ4v) is 2.97. The number of likely N-dealkylation sites (tertiary alicyclic amines) is 1. The minimum absolute atomic E-state index is 0.0111. The van der Waals surface area contributed by atoms with Crippen LogP contribution in [0.2, 0.25) is 5.02 Å². The normalized spacial score (nSPS) is 18.2. The highest BCUT2D eigenvalue weighted by Gasteiger charge is 2.27. The van der Waals surface area contributed by atoms with Gasteiger partial charge in [-0.05, 0) is 37.5 Å². The highest BCUT2D eigenvalue weighted by molar-refractivity contribution is 6.30. The lowest BCUT2D eigenvalue weighted by molar-refractivity contribution is -0.141. The summed E-state index contributed by atoms with van der Waals surface area (Å²) in [5.74, 6) is -0.418. The van der Waals surface area contributed by atoms with Crippen molar-refractivity contribution in [1.82, 2.24) is 10.2 Å². The summed E-state index contributed by atoms with van der Waals surface area (Å²) >= 11 is 5.95. The molecule has 5 nitrogen and oxygen atoms in total. The van der Waals surface area contributed by atoms with Crippen molar-refractivity contribution in [2.45, 2.75) is 38.6 Å². The van der Waals surface area contributed by atoms with Crippen LogP contribution in [-0.2, 0) is 9.53 Å². The van der Waals surface area contributed by atoms with Crippen LogP contribution in [0.15, 0.2) is 24.3 Å². The van der Waals surface area contributed by atoms with Crippen LogP contribution in [0.25, 0.3) is 0 Å². The van der Waals surface area contributed by atoms with Gasteiger partial charge in [-0.25, -0.2) is 4.79 Å². The molecule has 1 heterocycles. The average molecular weight is 339 g/mol. The van der Waals surface area contributed by atoms with Crippen molar-refractivity contribution < 1.29 is 14.3 Å². The third-order valence-corrected chi connectivity index (χ3v) is 4.21. The van der Waals surface area contributed by atoms with Gasteiger partial charge < -0.3 is 15.0 Å². The van der Waals surface area contributed by atoms with E-state index in [0.29, 0.717) is 18.2 Å². The number of hydrogen-bond donors (Lipinski definition) is 1. The molecule has 1 saturated heterocycles. The summed E-state index contributed by atoms with van der Waals surface area (Å²) in [5.41, 5.74) is 1.07. The summed E-state index contributed by atoms with van der Waals surface area (Å²) in [6.07, 6.45) is 4.06. The number of esters is 1. The van der Waals surface area contributed by atoms with Gasteiger partial charge in [0.1, 0.15) is 6.54 Å². The third kappa shape index (κ3) is 5.13. The van der Waals surface area contributed by atoms with Gasteiger partial charge in [0.15, 0.2) is 0 Å². The number of ether oxygens (including phenoxy) is 1. The topological polar surface area (TPSA) is 58.6 Å². The molecule has 6 heteroatoms. The standard InChI is InChI=1S/C17H23ClN2O3/c1-2-23-16(21)12-19-17(22)20-11-5-3-4-6-15(20)13-7-9-14(18)10-8-13/h7-10,15H,2-6,11-12H2,1H3,(H,19,22)/t15-/m1/s1. The zero-order valence-corrected chi connectivity index (χ0v) is 14.1. The Morgan fingerprint density at radius 2 is 2.00 bits per heavy atom. The van der Waals surface area contributed by atoms with Crippen molar-refractivity contribution in [3.05, 3.63) is 34.9 Å². The van der Waals surface area contributed by atoms with Crippen molar-refractivity contribution in [3.63, 3.8) is 0 Å². The Balaban J connectivity index is 2.06. The molecule has 1 aliphatic rings. The van der Waals surface area contributed by atoms with Gasteiger partial charge in [-0.15, -0.1) is 0 Å². The van der Waals surface area contributed by atoms with Crippen LogP contribution in [0.1, 0.15) is 44.2 Å². The number of carbonyl (C=O) groups is 2. The summed E-state index contributed by atoms with van der Waals surface area (Å²) < 4.78 is 4.84. The highest BCUT2D eigenvalue weighted by Crippen LogP contribution is 2.30. The number of benzene rings is 1. The van der Waals surface area contributed by atoms with E-state index in [9.17, 15) is 9.59 Å². The maximum atomic E-state index is 12.5. The Morgan fingerprint density at radius 3 is 2.70 bits per heavy atom. The van der Waals surface area contributed by atoms with Gasteiger partial charge in [0.2, 0.25) is 0 Å². The van der Waals surface area contributed by atoms with Crippen molar-refractivity contribution in [2.24, 2.45) is 0 Å². The number of carbonyl (C=O) groups excluding carboxylic acids is 2. The van der Waals surface area contributed by atoms with E-state index in [-0.39, 0.29) is 18.6 Å². The third-order valence-electron chi connectivity index (χ3n) is 3.96. The minimum atomic E-state index is -0.418. The molecule has 1 aliphatic heterocycles. The first-order valence-electron chi connectivity index (χ1n) is 8.07. The predicted octanol–water partition coefficient (Wildman–Crippen LogP) is 3.53. The van der Waals surface area contributed by atoms with Gasteiger partial charge in [0.05, 0.1) is 12.6 Å². The van der Waals surface area contributed by atoms with Crippen LogP contribution >= 0.6 is 11.6 Å². The molecule has 1 N–H and O–H groups in total. The van der Waals surface area contributed by atoms with E-state index in [0.717, 1.165) is 31.2 Å². The second-order valence-electron chi connectivity index (χ2n) is 5.57. The largest absolute Gasteiger partial charge is 0.465 e. The number of nitrogens with zero attached hydrogens (tertiary/aromatic N) is 1. The smallest absolute Gasteiger partial charge is 0.325 e. The Kier molecular flexibility index (Phi) is 6.71. The number of urea groups is 1. The predicted molar refractivity (Wildman–Crippen MR) is 89.4 cm³/mol. The number of rotatable bonds is 4. The molecule has 1 fully saturated rings. The van der Waals surface area contributed by atoms with Gasteiger partial charge in [-0.3, -0.25) is 4.79 Å². The van der Waals surface area contributed by atoms with E-state index >= 15 is 0 Å². The number of hydrogen-bond acceptors (Lipinski definition) is 3. The molecular weight excluding hydrogens is 316 g/mol. The second-order valence-corrected chi connectivity index (χ2v) is 6.01. The second kappa shape index (κ2) is 8.77. The van der Waals surface area contributed by atoms with Gasteiger partial charge in [0, 0.05) is 11.6 Å². The molecule has 126 valence electrons. The summed E-state index contributed by atoms with van der Waals surface area (Å²) in [6, 6.07) is 7.40. The first kappa shape index (κ1) is 17.6. The first-order valence-corrected chi connectivity index (χ1v) is 8.45. The molecular formula is C17H23ClN2O3.